The Morgan fingerprint density at radius 1 is 1.40 bits per heavy atom. The van der Waals surface area contributed by atoms with Gasteiger partial charge in [-0.1, -0.05) is 0 Å². The quantitative estimate of drug-likeness (QED) is 0.352. The first-order valence-corrected chi connectivity index (χ1v) is 1.56. The van der Waals surface area contributed by atoms with Crippen LogP contribution >= 0.6 is 0 Å². The molecule has 26 valence electrons. The van der Waals surface area contributed by atoms with E-state index in [0.717, 1.165) is 0 Å². The van der Waals surface area contributed by atoms with Crippen molar-refractivity contribution in [1.82, 2.24) is 0 Å². The Bertz CT molecular complexity index is 11.6. The minimum Gasteiger partial charge on any atom is -0.171 e. The summed E-state index contributed by atoms with van der Waals surface area (Å²) in [5.41, 5.74) is 0. The maximum absolute atomic E-state index is 3.64. The first-order chi connectivity index (χ1) is 1.73. The van der Waals surface area contributed by atoms with Crippen LogP contribution in [-0.4, -0.2) is 6.71 Å². The Hall–Kier alpha value is 1.04. The van der Waals surface area contributed by atoms with Gasteiger partial charge in [0, 0.05) is 32.7 Å². The Kier molecular flexibility index (Phi) is 9.47. The van der Waals surface area contributed by atoms with Crippen molar-refractivity contribution in [3.8, 4) is 0 Å². The zero-order valence-electron chi connectivity index (χ0n) is 3.86. The molecule has 0 aromatic heterocycles. The summed E-state index contributed by atoms with van der Waals surface area (Å²) < 4.78 is 0. The third-order valence-corrected chi connectivity index (χ3v) is 0. The largest absolute Gasteiger partial charge is 0.171 e. The van der Waals surface area contributed by atoms with Crippen molar-refractivity contribution < 1.29 is 32.7 Å². The summed E-state index contributed by atoms with van der Waals surface area (Å²) in [6.07, 6.45) is 0. The molecule has 0 unspecified atom stereocenters. The zero-order chi connectivity index (χ0) is 3.58. The van der Waals surface area contributed by atoms with Crippen molar-refractivity contribution >= 4 is 6.71 Å². The van der Waals surface area contributed by atoms with Crippen LogP contribution in [0.2, 0.25) is 13.6 Å². The van der Waals surface area contributed by atoms with Crippen LogP contribution in [0.5, 0.6) is 0 Å². The first kappa shape index (κ1) is 9.40. The van der Waals surface area contributed by atoms with E-state index in [9.17, 15) is 0 Å². The van der Waals surface area contributed by atoms with Crippen LogP contribution in [0.1, 0.15) is 0 Å². The van der Waals surface area contributed by atoms with Crippen molar-refractivity contribution in [2.75, 3.05) is 0 Å². The summed E-state index contributed by atoms with van der Waals surface area (Å²) in [6, 6.07) is 0. The van der Waals surface area contributed by atoms with E-state index >= 15 is 0 Å². The van der Waals surface area contributed by atoms with E-state index in [0.29, 0.717) is 6.71 Å². The molecule has 0 heterocycles. The molecule has 2 heteroatoms. The monoisotopic (exact) mass is 144 g/mol. The van der Waals surface area contributed by atoms with E-state index in [1.807, 2.05) is 0 Å². The second kappa shape index (κ2) is 5.04. The zero-order valence-corrected chi connectivity index (χ0v) is 6.70. The number of hydrogen-bond acceptors (Lipinski definition) is 0. The van der Waals surface area contributed by atoms with Gasteiger partial charge in [0.1, 0.15) is 0 Å². The molecule has 0 amide bonds. The van der Waals surface area contributed by atoms with Crippen LogP contribution in [-0.2, 0) is 32.7 Å². The molecule has 0 fully saturated rings. The molecule has 0 aliphatic rings. The van der Waals surface area contributed by atoms with E-state index in [1.165, 1.54) is 0 Å². The van der Waals surface area contributed by atoms with Crippen molar-refractivity contribution in [2.45, 2.75) is 13.6 Å². The smallest absolute Gasteiger partial charge is 0.0968 e. The van der Waals surface area contributed by atoms with Crippen LogP contribution < -0.4 is 0 Å². The van der Waals surface area contributed by atoms with E-state index in [4.69, 9.17) is 0 Å². The Morgan fingerprint density at radius 3 is 1.40 bits per heavy atom. The summed E-state index contributed by atoms with van der Waals surface area (Å²) in [4.78, 5) is 0. The van der Waals surface area contributed by atoms with Gasteiger partial charge >= 0.3 is 0 Å². The first-order valence-electron chi connectivity index (χ1n) is 1.56. The van der Waals surface area contributed by atoms with Gasteiger partial charge in [-0.25, -0.2) is 0 Å². The average molecular weight is 144 g/mol. The Morgan fingerprint density at radius 2 is 1.40 bits per heavy atom. The number of hydrogen-bond donors (Lipinski definition) is 0. The van der Waals surface area contributed by atoms with Crippen LogP contribution in [0.3, 0.4) is 0 Å². The fourth-order valence-electron chi connectivity index (χ4n) is 0. The topological polar surface area (TPSA) is 0 Å². The summed E-state index contributed by atoms with van der Waals surface area (Å²) in [5.74, 6) is 0. The average Bonchev–Trinajstić information content (AvgIpc) is 0.811. The summed E-state index contributed by atoms with van der Waals surface area (Å²) in [6.45, 7) is 8.33. The normalized spacial score (nSPS) is 7.00. The van der Waals surface area contributed by atoms with Gasteiger partial charge in [-0.2, -0.15) is 20.5 Å². The molecule has 0 aliphatic heterocycles. The second-order valence-corrected chi connectivity index (χ2v) is 1.39. The Labute approximate surface area is 59.7 Å². The molecule has 0 atom stereocenters. The molecule has 0 aromatic rings. The maximum Gasteiger partial charge on any atom is 0.0968 e. The summed E-state index contributed by atoms with van der Waals surface area (Å²) in [5, 5.41) is 0. The molecule has 0 N–H and O–H groups in total. The molecular weight excluding hydrogens is 136 g/mol. The number of rotatable bonds is 0. The molecule has 0 rings (SSSR count). The van der Waals surface area contributed by atoms with Gasteiger partial charge in [0.05, 0.1) is 6.71 Å². The molecule has 0 bridgehead atoms. The second-order valence-electron chi connectivity index (χ2n) is 1.39. The van der Waals surface area contributed by atoms with E-state index in [1.54, 1.807) is 0 Å². The van der Waals surface area contributed by atoms with Gasteiger partial charge in [0.25, 0.3) is 0 Å². The van der Waals surface area contributed by atoms with Crippen LogP contribution in [0.4, 0.5) is 0 Å². The predicted molar refractivity (Wildman–Crippen MR) is 22.8 cm³/mol. The molecule has 0 aliphatic carbocycles. The van der Waals surface area contributed by atoms with Gasteiger partial charge in [-0.15, -0.1) is 0 Å². The molecule has 0 saturated heterocycles. The van der Waals surface area contributed by atoms with Gasteiger partial charge < -0.3 is 0 Å². The minimum atomic E-state index is 0. The van der Waals surface area contributed by atoms with E-state index in [2.05, 4.69) is 20.5 Å². The molecule has 0 aromatic carbocycles. The van der Waals surface area contributed by atoms with Gasteiger partial charge in [0.15, 0.2) is 0 Å². The van der Waals surface area contributed by atoms with Crippen molar-refractivity contribution in [3.05, 3.63) is 6.82 Å². The third-order valence-electron chi connectivity index (χ3n) is 0. The van der Waals surface area contributed by atoms with Crippen molar-refractivity contribution in [1.29, 1.82) is 0 Å². The summed E-state index contributed by atoms with van der Waals surface area (Å²) in [7, 11) is 0. The fraction of sp³-hybridized carbons (Fsp3) is 0.667. The van der Waals surface area contributed by atoms with Crippen LogP contribution in [0.15, 0.2) is 0 Å². The van der Waals surface area contributed by atoms with Crippen LogP contribution in [0, 0.1) is 6.82 Å². The van der Waals surface area contributed by atoms with Gasteiger partial charge in [-0.3, -0.25) is 0 Å². The van der Waals surface area contributed by atoms with E-state index < -0.39 is 0 Å². The third kappa shape index (κ3) is 43.1. The molecule has 0 saturated carbocycles. The minimum absolute atomic E-state index is 0. The van der Waals surface area contributed by atoms with Gasteiger partial charge in [0.2, 0.25) is 0 Å². The fourth-order valence-corrected chi connectivity index (χ4v) is 0. The standard InChI is InChI=1S/C3H8B.Y/c1-4(2)3;/h1H2,2-3H3;. The summed E-state index contributed by atoms with van der Waals surface area (Å²) >= 11 is 0. The van der Waals surface area contributed by atoms with E-state index in [-0.39, 0.29) is 32.7 Å². The Balaban J connectivity index is 0. The molecular formula is C3H8BY. The van der Waals surface area contributed by atoms with Crippen LogP contribution in [0.25, 0.3) is 0 Å². The predicted octanol–water partition coefficient (Wildman–Crippen LogP) is 1.11. The van der Waals surface area contributed by atoms with Crippen molar-refractivity contribution in [2.24, 2.45) is 0 Å². The van der Waals surface area contributed by atoms with Gasteiger partial charge in [-0.05, 0) is 0 Å². The molecule has 5 heavy (non-hydrogen) atoms. The molecule has 0 nitrogen and oxygen atoms in total. The SMILES string of the molecule is [CH2+][B-](C)C.[Y]. The van der Waals surface area contributed by atoms with Crippen molar-refractivity contribution in [3.63, 3.8) is 0 Å². The maximum atomic E-state index is 3.64. The molecule has 0 spiro atoms. The molecule has 2 radical (unpaired) electrons.